The predicted octanol–water partition coefficient (Wildman–Crippen LogP) is 3.20. The number of halogens is 2. The molecule has 9 nitrogen and oxygen atoms in total. The van der Waals surface area contributed by atoms with E-state index in [1.165, 1.54) is 6.07 Å². The predicted molar refractivity (Wildman–Crippen MR) is 132 cm³/mol. The molecule has 0 spiro atoms. The number of aliphatic hydroxyl groups excluding tert-OH is 1. The van der Waals surface area contributed by atoms with E-state index in [4.69, 9.17) is 4.74 Å². The van der Waals surface area contributed by atoms with Gasteiger partial charge in [0.15, 0.2) is 9.84 Å². The molecule has 0 radical (unpaired) electrons. The summed E-state index contributed by atoms with van der Waals surface area (Å²) in [5.74, 6) is 0.322. The number of sulfone groups is 1. The fraction of sp³-hybridized carbons (Fsp3) is 0.320. The van der Waals surface area contributed by atoms with E-state index in [-0.39, 0.29) is 23.2 Å². The summed E-state index contributed by atoms with van der Waals surface area (Å²) in [6, 6.07) is 10.3. The Labute approximate surface area is 211 Å². The van der Waals surface area contributed by atoms with E-state index in [2.05, 4.69) is 15.0 Å². The highest BCUT2D eigenvalue weighted by Crippen LogP contribution is 2.47. The van der Waals surface area contributed by atoms with Crippen molar-refractivity contribution in [1.29, 1.82) is 0 Å². The molecule has 1 fully saturated rings. The molecule has 0 amide bonds. The number of hydrogen-bond donors (Lipinski definition) is 1. The van der Waals surface area contributed by atoms with Crippen LogP contribution in [0.2, 0.25) is 0 Å². The van der Waals surface area contributed by atoms with Crippen LogP contribution in [0.5, 0.6) is 5.75 Å². The fourth-order valence-electron chi connectivity index (χ4n) is 5.08. The normalized spacial score (nSPS) is 20.9. The molecular formula is C25H23F2N5O4S. The molecule has 0 saturated carbocycles. The third kappa shape index (κ3) is 4.40. The summed E-state index contributed by atoms with van der Waals surface area (Å²) in [5, 5.41) is 10.7. The molecule has 4 aromatic rings. The van der Waals surface area contributed by atoms with Crippen LogP contribution in [0.1, 0.15) is 35.4 Å². The summed E-state index contributed by atoms with van der Waals surface area (Å²) >= 11 is 0. The molecule has 192 valence electrons. The van der Waals surface area contributed by atoms with Gasteiger partial charge in [-0.05, 0) is 24.6 Å². The number of aromatic nitrogens is 4. The number of ether oxygens (including phenoxy) is 1. The van der Waals surface area contributed by atoms with Crippen LogP contribution in [0.3, 0.4) is 0 Å². The van der Waals surface area contributed by atoms with E-state index < -0.39 is 22.6 Å². The summed E-state index contributed by atoms with van der Waals surface area (Å²) in [6.07, 6.45) is 4.70. The van der Waals surface area contributed by atoms with Gasteiger partial charge < -0.3 is 19.1 Å². The molecule has 1 saturated heterocycles. The molecular weight excluding hydrogens is 504 g/mol. The lowest BCUT2D eigenvalue weighted by atomic mass is 9.95. The highest BCUT2D eigenvalue weighted by atomic mass is 32.2. The van der Waals surface area contributed by atoms with Crippen molar-refractivity contribution in [3.8, 4) is 16.9 Å². The second kappa shape index (κ2) is 9.03. The average molecular weight is 528 g/mol. The molecule has 1 N–H and O–H groups in total. The summed E-state index contributed by atoms with van der Waals surface area (Å²) in [6.45, 7) is -2.25. The maximum atomic E-state index is 13.0. The molecule has 37 heavy (non-hydrogen) atoms. The maximum absolute atomic E-state index is 13.0. The Morgan fingerprint density at radius 3 is 2.49 bits per heavy atom. The van der Waals surface area contributed by atoms with E-state index in [1.807, 2.05) is 27.6 Å². The lowest BCUT2D eigenvalue weighted by Gasteiger charge is -2.26. The van der Waals surface area contributed by atoms with Crippen molar-refractivity contribution >= 4 is 21.4 Å². The van der Waals surface area contributed by atoms with Crippen molar-refractivity contribution in [1.82, 2.24) is 19.4 Å². The van der Waals surface area contributed by atoms with Crippen LogP contribution >= 0.6 is 0 Å². The Morgan fingerprint density at radius 1 is 1.03 bits per heavy atom. The first-order valence-electron chi connectivity index (χ1n) is 11.8. The number of imidazole rings is 1. The second-order valence-electron chi connectivity index (χ2n) is 9.16. The molecule has 1 aromatic carbocycles. The van der Waals surface area contributed by atoms with E-state index >= 15 is 0 Å². The van der Waals surface area contributed by atoms with Crippen LogP contribution < -0.4 is 9.64 Å². The zero-order valence-electron chi connectivity index (χ0n) is 19.5. The minimum Gasteiger partial charge on any atom is -0.435 e. The largest absolute Gasteiger partial charge is 0.435 e. The molecule has 4 heterocycles. The van der Waals surface area contributed by atoms with Crippen molar-refractivity contribution in [2.24, 2.45) is 0 Å². The third-order valence-corrected chi connectivity index (χ3v) is 8.51. The topological polar surface area (TPSA) is 110 Å². The number of fused-ring (bicyclic) bond motifs is 3. The van der Waals surface area contributed by atoms with Gasteiger partial charge in [0.1, 0.15) is 11.4 Å². The first kappa shape index (κ1) is 23.7. The van der Waals surface area contributed by atoms with Gasteiger partial charge in [0.25, 0.3) is 0 Å². The lowest BCUT2D eigenvalue weighted by molar-refractivity contribution is -0.0506. The number of rotatable bonds is 5. The quantitative estimate of drug-likeness (QED) is 0.422. The van der Waals surface area contributed by atoms with E-state index in [0.717, 1.165) is 16.8 Å². The van der Waals surface area contributed by atoms with Crippen molar-refractivity contribution in [2.75, 3.05) is 29.5 Å². The van der Waals surface area contributed by atoms with E-state index in [0.29, 0.717) is 42.4 Å². The zero-order chi connectivity index (χ0) is 25.7. The number of alkyl halides is 2. The average Bonchev–Trinajstić information content (AvgIpc) is 3.41. The Hall–Kier alpha value is -3.64. The minimum absolute atomic E-state index is 0.0724. The van der Waals surface area contributed by atoms with Gasteiger partial charge in [-0.15, -0.1) is 0 Å². The standard InChI is InChI=1S/C25H23F2N5O4S/c26-24(27)36-20-4-2-1-3-17(20)18-11-19(33)22-23(18)32-14-15(5-6-21(32)30-22)16-12-28-25(29-13-16)31-7-9-37(34,35)10-8-31/h1-6,12-14,18-19,24,33H,7-11H2. The first-order chi connectivity index (χ1) is 17.8. The molecule has 0 bridgehead atoms. The SMILES string of the molecule is O=S1(=O)CCN(c2ncc(-c3ccc4nc5c(n4c3)C(c3ccccc3OC(F)F)CC5O)cn2)CC1. The molecule has 1 aliphatic carbocycles. The molecule has 6 rings (SSSR count). The van der Waals surface area contributed by atoms with Crippen molar-refractivity contribution in [2.45, 2.75) is 25.1 Å². The van der Waals surface area contributed by atoms with Gasteiger partial charge in [0.2, 0.25) is 5.95 Å². The summed E-state index contributed by atoms with van der Waals surface area (Å²) in [7, 11) is -3.00. The highest BCUT2D eigenvalue weighted by Gasteiger charge is 2.37. The number of hydrogen-bond acceptors (Lipinski definition) is 8. The first-order valence-corrected chi connectivity index (χ1v) is 13.6. The number of para-hydroxylation sites is 1. The highest BCUT2D eigenvalue weighted by molar-refractivity contribution is 7.91. The maximum Gasteiger partial charge on any atom is 0.387 e. The van der Waals surface area contributed by atoms with Gasteiger partial charge in [-0.25, -0.2) is 23.4 Å². The van der Waals surface area contributed by atoms with E-state index in [9.17, 15) is 22.3 Å². The fourth-order valence-corrected chi connectivity index (χ4v) is 6.28. The molecule has 2 atom stereocenters. The third-order valence-electron chi connectivity index (χ3n) is 6.90. The van der Waals surface area contributed by atoms with E-state index in [1.54, 1.807) is 30.6 Å². The number of aliphatic hydroxyl groups is 1. The number of nitrogens with zero attached hydrogens (tertiary/aromatic N) is 5. The minimum atomic E-state index is -3.00. The van der Waals surface area contributed by atoms with Crippen LogP contribution in [-0.4, -0.2) is 64.1 Å². The van der Waals surface area contributed by atoms with Crippen LogP contribution in [-0.2, 0) is 9.84 Å². The van der Waals surface area contributed by atoms with Crippen LogP contribution in [0, 0.1) is 0 Å². The Morgan fingerprint density at radius 2 is 1.76 bits per heavy atom. The number of pyridine rings is 1. The van der Waals surface area contributed by atoms with Gasteiger partial charge in [-0.3, -0.25) is 0 Å². The Kier molecular flexibility index (Phi) is 5.80. The van der Waals surface area contributed by atoms with Gasteiger partial charge in [0.05, 0.1) is 29.0 Å². The molecule has 2 aliphatic rings. The second-order valence-corrected chi connectivity index (χ2v) is 11.5. The van der Waals surface area contributed by atoms with Crippen molar-refractivity contribution in [3.05, 3.63) is 71.9 Å². The Balaban J connectivity index is 1.35. The molecule has 1 aliphatic heterocycles. The zero-order valence-corrected chi connectivity index (χ0v) is 20.4. The van der Waals surface area contributed by atoms with Gasteiger partial charge in [-0.2, -0.15) is 8.78 Å². The summed E-state index contributed by atoms with van der Waals surface area (Å²) < 4.78 is 56.1. The smallest absolute Gasteiger partial charge is 0.387 e. The lowest BCUT2D eigenvalue weighted by Crippen LogP contribution is -2.41. The summed E-state index contributed by atoms with van der Waals surface area (Å²) in [4.78, 5) is 15.3. The van der Waals surface area contributed by atoms with Crippen LogP contribution in [0.4, 0.5) is 14.7 Å². The monoisotopic (exact) mass is 527 g/mol. The number of benzene rings is 1. The summed E-state index contributed by atoms with van der Waals surface area (Å²) in [5.41, 5.74) is 3.97. The molecule has 3 aromatic heterocycles. The molecule has 2 unspecified atom stereocenters. The molecule has 12 heteroatoms. The Bertz CT molecular complexity index is 1560. The van der Waals surface area contributed by atoms with Gasteiger partial charge >= 0.3 is 6.61 Å². The van der Waals surface area contributed by atoms with Gasteiger partial charge in [-0.1, -0.05) is 18.2 Å². The van der Waals surface area contributed by atoms with Crippen molar-refractivity contribution in [3.63, 3.8) is 0 Å². The van der Waals surface area contributed by atoms with Crippen LogP contribution in [0.25, 0.3) is 16.8 Å². The number of anilines is 1. The van der Waals surface area contributed by atoms with Crippen LogP contribution in [0.15, 0.2) is 55.0 Å². The van der Waals surface area contributed by atoms with Crippen molar-refractivity contribution < 1.29 is 27.0 Å². The van der Waals surface area contributed by atoms with Gasteiger partial charge in [0, 0.05) is 54.3 Å².